The largest absolute Gasteiger partial charge is 0.346 e. The number of nitrogens with one attached hydrogen (secondary N) is 1. The number of aryl methyl sites for hydroxylation is 1. The molecule has 0 spiro atoms. The molecule has 5 nitrogen and oxygen atoms in total. The average molecular weight is 290 g/mol. The van der Waals surface area contributed by atoms with Crippen LogP contribution in [0.5, 0.6) is 0 Å². The lowest BCUT2D eigenvalue weighted by Crippen LogP contribution is -2.21. The zero-order valence-corrected chi connectivity index (χ0v) is 13.3. The smallest absolute Gasteiger partial charge is 0.226 e. The summed E-state index contributed by atoms with van der Waals surface area (Å²) < 4.78 is 7.34. The first kappa shape index (κ1) is 15.8. The molecule has 1 N–H and O–H groups in total. The highest BCUT2D eigenvalue weighted by Crippen LogP contribution is 2.17. The number of aromatic nitrogens is 3. The Labute approximate surface area is 126 Å². The second-order valence-electron chi connectivity index (χ2n) is 5.39. The quantitative estimate of drug-likeness (QED) is 0.769. The molecule has 0 bridgehead atoms. The minimum absolute atomic E-state index is 0.423. The lowest BCUT2D eigenvalue weighted by molar-refractivity contribution is 0.371. The molecule has 1 unspecified atom stereocenters. The molecule has 0 aliphatic heterocycles. The molecule has 2 aromatic heterocycles. The van der Waals surface area contributed by atoms with Crippen molar-refractivity contribution in [2.75, 3.05) is 6.54 Å². The molecule has 2 heterocycles. The van der Waals surface area contributed by atoms with E-state index in [-0.39, 0.29) is 0 Å². The minimum atomic E-state index is 0.423. The van der Waals surface area contributed by atoms with Crippen molar-refractivity contribution in [3.63, 3.8) is 0 Å². The molecule has 5 heteroatoms. The summed E-state index contributed by atoms with van der Waals surface area (Å²) in [6, 6.07) is 2.59. The van der Waals surface area contributed by atoms with Gasteiger partial charge in [-0.25, -0.2) is 0 Å². The van der Waals surface area contributed by atoms with Gasteiger partial charge in [0.25, 0.3) is 0 Å². The third kappa shape index (κ3) is 4.43. The van der Waals surface area contributed by atoms with E-state index in [2.05, 4.69) is 59.3 Å². The SMILES string of the molecule is CCCNC(CC)c1ccn(Cc2noc(CCC)n2)c1. The Morgan fingerprint density at radius 1 is 1.29 bits per heavy atom. The fraction of sp³-hybridized carbons (Fsp3) is 0.625. The van der Waals surface area contributed by atoms with E-state index in [1.54, 1.807) is 0 Å². The number of rotatable bonds is 9. The van der Waals surface area contributed by atoms with Crippen molar-refractivity contribution >= 4 is 0 Å². The molecule has 2 aromatic rings. The minimum Gasteiger partial charge on any atom is -0.346 e. The predicted molar refractivity (Wildman–Crippen MR) is 83.2 cm³/mol. The standard InChI is InChI=1S/C16H26N4O/c1-4-7-16-18-15(19-21-16)12-20-10-8-13(11-20)14(6-3)17-9-5-2/h8,10-11,14,17H,4-7,9,12H2,1-3H3. The van der Waals surface area contributed by atoms with Crippen LogP contribution in [-0.4, -0.2) is 21.3 Å². The topological polar surface area (TPSA) is 55.9 Å². The summed E-state index contributed by atoms with van der Waals surface area (Å²) in [5, 5.41) is 7.60. The molecule has 0 fully saturated rings. The highest BCUT2D eigenvalue weighted by atomic mass is 16.5. The van der Waals surface area contributed by atoms with E-state index in [0.717, 1.165) is 43.9 Å². The molecule has 2 rings (SSSR count). The van der Waals surface area contributed by atoms with Crippen LogP contribution >= 0.6 is 0 Å². The molecule has 0 saturated carbocycles. The number of nitrogens with zero attached hydrogens (tertiary/aromatic N) is 3. The maximum absolute atomic E-state index is 5.22. The Hall–Kier alpha value is -1.62. The molecule has 0 amide bonds. The average Bonchev–Trinajstić information content (AvgIpc) is 3.11. The fourth-order valence-corrected chi connectivity index (χ4v) is 2.41. The maximum Gasteiger partial charge on any atom is 0.226 e. The van der Waals surface area contributed by atoms with Gasteiger partial charge in [-0.2, -0.15) is 4.98 Å². The van der Waals surface area contributed by atoms with Gasteiger partial charge in [0.2, 0.25) is 5.89 Å². The monoisotopic (exact) mass is 290 g/mol. The summed E-state index contributed by atoms with van der Waals surface area (Å²) in [6.07, 6.45) is 8.38. The number of hydrogen-bond acceptors (Lipinski definition) is 4. The second kappa shape index (κ2) is 7.98. The highest BCUT2D eigenvalue weighted by molar-refractivity contribution is 5.16. The predicted octanol–water partition coefficient (Wildman–Crippen LogP) is 3.32. The summed E-state index contributed by atoms with van der Waals surface area (Å²) in [7, 11) is 0. The molecule has 1 atom stereocenters. The molecular formula is C16H26N4O. The van der Waals surface area contributed by atoms with Crippen molar-refractivity contribution in [3.05, 3.63) is 35.7 Å². The van der Waals surface area contributed by atoms with Crippen LogP contribution in [0.25, 0.3) is 0 Å². The first-order valence-electron chi connectivity index (χ1n) is 7.97. The van der Waals surface area contributed by atoms with Crippen molar-refractivity contribution in [3.8, 4) is 0 Å². The zero-order valence-electron chi connectivity index (χ0n) is 13.3. The third-order valence-corrected chi connectivity index (χ3v) is 3.52. The summed E-state index contributed by atoms with van der Waals surface area (Å²) in [6.45, 7) is 8.22. The van der Waals surface area contributed by atoms with Gasteiger partial charge in [0, 0.05) is 24.9 Å². The van der Waals surface area contributed by atoms with Gasteiger partial charge in [0.1, 0.15) is 0 Å². The maximum atomic E-state index is 5.22. The molecule has 0 radical (unpaired) electrons. The van der Waals surface area contributed by atoms with Crippen molar-refractivity contribution < 1.29 is 4.52 Å². The Kier molecular flexibility index (Phi) is 5.99. The van der Waals surface area contributed by atoms with E-state index in [1.807, 2.05) is 0 Å². The van der Waals surface area contributed by atoms with Crippen LogP contribution in [0.4, 0.5) is 0 Å². The summed E-state index contributed by atoms with van der Waals surface area (Å²) in [5.41, 5.74) is 1.32. The number of hydrogen-bond donors (Lipinski definition) is 1. The van der Waals surface area contributed by atoms with Crippen molar-refractivity contribution in [1.82, 2.24) is 20.0 Å². The van der Waals surface area contributed by atoms with Gasteiger partial charge in [-0.3, -0.25) is 0 Å². The second-order valence-corrected chi connectivity index (χ2v) is 5.39. The first-order valence-corrected chi connectivity index (χ1v) is 7.97. The van der Waals surface area contributed by atoms with E-state index in [9.17, 15) is 0 Å². The van der Waals surface area contributed by atoms with Gasteiger partial charge >= 0.3 is 0 Å². The van der Waals surface area contributed by atoms with E-state index in [4.69, 9.17) is 4.52 Å². The normalized spacial score (nSPS) is 12.7. The van der Waals surface area contributed by atoms with E-state index >= 15 is 0 Å². The van der Waals surface area contributed by atoms with Crippen molar-refractivity contribution in [2.45, 2.75) is 59.0 Å². The van der Waals surface area contributed by atoms with Gasteiger partial charge in [-0.1, -0.05) is 25.9 Å². The Morgan fingerprint density at radius 2 is 2.14 bits per heavy atom. The lowest BCUT2D eigenvalue weighted by atomic mass is 10.1. The molecule has 116 valence electrons. The van der Waals surface area contributed by atoms with Crippen LogP contribution in [-0.2, 0) is 13.0 Å². The van der Waals surface area contributed by atoms with Gasteiger partial charge in [0.15, 0.2) is 5.82 Å². The van der Waals surface area contributed by atoms with Crippen LogP contribution in [0, 0.1) is 0 Å². The zero-order chi connectivity index (χ0) is 15.1. The molecular weight excluding hydrogens is 264 g/mol. The summed E-state index contributed by atoms with van der Waals surface area (Å²) in [5.74, 6) is 1.48. The summed E-state index contributed by atoms with van der Waals surface area (Å²) in [4.78, 5) is 4.40. The van der Waals surface area contributed by atoms with Gasteiger partial charge in [0.05, 0.1) is 6.54 Å². The molecule has 0 aromatic carbocycles. The van der Waals surface area contributed by atoms with Crippen LogP contribution in [0.2, 0.25) is 0 Å². The lowest BCUT2D eigenvalue weighted by Gasteiger charge is -2.14. The Bertz CT molecular complexity index is 532. The fourth-order valence-electron chi connectivity index (χ4n) is 2.41. The Morgan fingerprint density at radius 3 is 2.86 bits per heavy atom. The third-order valence-electron chi connectivity index (χ3n) is 3.52. The van der Waals surface area contributed by atoms with Crippen molar-refractivity contribution in [2.24, 2.45) is 0 Å². The van der Waals surface area contributed by atoms with E-state index in [0.29, 0.717) is 12.6 Å². The van der Waals surface area contributed by atoms with E-state index < -0.39 is 0 Å². The van der Waals surface area contributed by atoms with Crippen LogP contribution in [0.1, 0.15) is 63.4 Å². The van der Waals surface area contributed by atoms with Crippen LogP contribution in [0.15, 0.2) is 23.0 Å². The van der Waals surface area contributed by atoms with Crippen LogP contribution in [0.3, 0.4) is 0 Å². The van der Waals surface area contributed by atoms with E-state index in [1.165, 1.54) is 5.56 Å². The Balaban J connectivity index is 1.98. The molecule has 0 saturated heterocycles. The van der Waals surface area contributed by atoms with Gasteiger partial charge in [-0.15, -0.1) is 0 Å². The summed E-state index contributed by atoms with van der Waals surface area (Å²) >= 11 is 0. The van der Waals surface area contributed by atoms with Gasteiger partial charge in [-0.05, 0) is 37.4 Å². The van der Waals surface area contributed by atoms with Gasteiger partial charge < -0.3 is 14.4 Å². The molecule has 21 heavy (non-hydrogen) atoms. The molecule has 0 aliphatic carbocycles. The molecule has 0 aliphatic rings. The highest BCUT2D eigenvalue weighted by Gasteiger charge is 2.11. The van der Waals surface area contributed by atoms with Crippen LogP contribution < -0.4 is 5.32 Å². The van der Waals surface area contributed by atoms with Crippen molar-refractivity contribution in [1.29, 1.82) is 0 Å². The first-order chi connectivity index (χ1) is 10.3.